The third kappa shape index (κ3) is 6.39. The first kappa shape index (κ1) is 11.7. The standard InChI is InChI=1S/C5H8F3O3P/c1-2-4(11-12(9)10)3-5(6,7)8/h2,9-10H,3H2,1H3. The van der Waals surface area contributed by atoms with Crippen LogP contribution >= 0.6 is 8.60 Å². The first-order valence-electron chi connectivity index (χ1n) is 2.93. The van der Waals surface area contributed by atoms with Gasteiger partial charge >= 0.3 is 14.8 Å². The summed E-state index contributed by atoms with van der Waals surface area (Å²) in [4.78, 5) is 16.5. The molecule has 12 heavy (non-hydrogen) atoms. The van der Waals surface area contributed by atoms with Crippen molar-refractivity contribution in [3.63, 3.8) is 0 Å². The van der Waals surface area contributed by atoms with Gasteiger partial charge in [0, 0.05) is 0 Å². The molecule has 0 aromatic carbocycles. The van der Waals surface area contributed by atoms with Crippen molar-refractivity contribution in [3.8, 4) is 0 Å². The number of halogens is 3. The van der Waals surface area contributed by atoms with Crippen LogP contribution in [0, 0.1) is 0 Å². The average molecular weight is 204 g/mol. The molecule has 0 atom stereocenters. The van der Waals surface area contributed by atoms with Crippen molar-refractivity contribution >= 4 is 8.60 Å². The Morgan fingerprint density at radius 1 is 1.50 bits per heavy atom. The average Bonchev–Trinajstić information content (AvgIpc) is 1.82. The van der Waals surface area contributed by atoms with E-state index in [0.717, 1.165) is 6.08 Å². The van der Waals surface area contributed by atoms with E-state index in [-0.39, 0.29) is 0 Å². The van der Waals surface area contributed by atoms with Crippen molar-refractivity contribution in [2.75, 3.05) is 0 Å². The van der Waals surface area contributed by atoms with Gasteiger partial charge in [-0.05, 0) is 13.0 Å². The summed E-state index contributed by atoms with van der Waals surface area (Å²) in [7, 11) is -2.77. The summed E-state index contributed by atoms with van der Waals surface area (Å²) < 4.78 is 39.1. The Bertz CT molecular complexity index is 166. The Labute approximate surface area is 68.5 Å². The fourth-order valence-corrected chi connectivity index (χ4v) is 0.869. The smallest absolute Gasteiger partial charge is 0.396 e. The van der Waals surface area contributed by atoms with Gasteiger partial charge < -0.3 is 14.3 Å². The second-order valence-corrected chi connectivity index (χ2v) is 2.58. The molecule has 0 saturated heterocycles. The lowest BCUT2D eigenvalue weighted by molar-refractivity contribution is -0.131. The van der Waals surface area contributed by atoms with Crippen molar-refractivity contribution in [2.45, 2.75) is 19.5 Å². The first-order valence-corrected chi connectivity index (χ1v) is 4.09. The third-order valence-corrected chi connectivity index (χ3v) is 1.29. The van der Waals surface area contributed by atoms with Gasteiger partial charge in [0.1, 0.15) is 12.2 Å². The van der Waals surface area contributed by atoms with Crippen molar-refractivity contribution in [2.24, 2.45) is 0 Å². The normalized spacial score (nSPS) is 13.8. The number of rotatable bonds is 3. The quantitative estimate of drug-likeness (QED) is 0.546. The predicted octanol–water partition coefficient (Wildman–Crippen LogP) is 2.07. The molecule has 0 bridgehead atoms. The van der Waals surface area contributed by atoms with Gasteiger partial charge in [-0.3, -0.25) is 0 Å². The molecule has 0 aromatic heterocycles. The van der Waals surface area contributed by atoms with E-state index in [9.17, 15) is 13.2 Å². The third-order valence-electron chi connectivity index (χ3n) is 0.896. The Balaban J connectivity index is 4.03. The Kier molecular flexibility index (Phi) is 4.52. The molecule has 3 nitrogen and oxygen atoms in total. The molecule has 0 spiro atoms. The summed E-state index contributed by atoms with van der Waals surface area (Å²) in [6.07, 6.45) is -4.65. The molecule has 0 fully saturated rings. The summed E-state index contributed by atoms with van der Waals surface area (Å²) >= 11 is 0. The van der Waals surface area contributed by atoms with Crippen LogP contribution in [0.1, 0.15) is 13.3 Å². The SMILES string of the molecule is CC=C(CC(F)(F)F)OP(O)O. The molecule has 0 aliphatic rings. The Morgan fingerprint density at radius 3 is 2.25 bits per heavy atom. The van der Waals surface area contributed by atoms with Crippen LogP contribution in [0.2, 0.25) is 0 Å². The van der Waals surface area contributed by atoms with E-state index in [1.165, 1.54) is 6.92 Å². The highest BCUT2D eigenvalue weighted by molar-refractivity contribution is 7.39. The minimum Gasteiger partial charge on any atom is -0.432 e. The molecular weight excluding hydrogens is 196 g/mol. The van der Waals surface area contributed by atoms with E-state index < -0.39 is 27.0 Å². The van der Waals surface area contributed by atoms with Gasteiger partial charge in [-0.1, -0.05) is 0 Å². The number of allylic oxidation sites excluding steroid dienone is 2. The number of hydrogen-bond donors (Lipinski definition) is 2. The van der Waals surface area contributed by atoms with E-state index in [1.54, 1.807) is 0 Å². The zero-order valence-corrected chi connectivity index (χ0v) is 7.06. The van der Waals surface area contributed by atoms with Crippen LogP contribution in [-0.4, -0.2) is 16.0 Å². The molecular formula is C5H8F3O3P. The molecule has 2 N–H and O–H groups in total. The molecule has 0 saturated carbocycles. The molecule has 0 heterocycles. The highest BCUT2D eigenvalue weighted by Gasteiger charge is 2.30. The predicted molar refractivity (Wildman–Crippen MR) is 36.9 cm³/mol. The Hall–Kier alpha value is -0.320. The second-order valence-electron chi connectivity index (χ2n) is 1.89. The van der Waals surface area contributed by atoms with E-state index in [2.05, 4.69) is 4.52 Å². The molecule has 7 heteroatoms. The fraction of sp³-hybridized carbons (Fsp3) is 0.600. The summed E-state index contributed by atoms with van der Waals surface area (Å²) in [6.45, 7) is 1.32. The lowest BCUT2D eigenvalue weighted by Crippen LogP contribution is -2.09. The second kappa shape index (κ2) is 4.64. The van der Waals surface area contributed by atoms with Crippen molar-refractivity contribution in [3.05, 3.63) is 11.8 Å². The van der Waals surface area contributed by atoms with E-state index in [1.807, 2.05) is 0 Å². The molecule has 0 aliphatic carbocycles. The molecule has 0 aliphatic heterocycles. The molecule has 0 amide bonds. The van der Waals surface area contributed by atoms with Gasteiger partial charge in [0.05, 0.1) is 0 Å². The van der Waals surface area contributed by atoms with Gasteiger partial charge in [-0.2, -0.15) is 13.2 Å². The summed E-state index contributed by atoms with van der Waals surface area (Å²) in [5.41, 5.74) is 0. The molecule has 0 rings (SSSR count). The largest absolute Gasteiger partial charge is 0.432 e. The zero-order valence-electron chi connectivity index (χ0n) is 6.17. The zero-order chi connectivity index (χ0) is 9.78. The van der Waals surface area contributed by atoms with Gasteiger partial charge in [0.15, 0.2) is 0 Å². The number of hydrogen-bond acceptors (Lipinski definition) is 3. The van der Waals surface area contributed by atoms with E-state index >= 15 is 0 Å². The van der Waals surface area contributed by atoms with Crippen LogP contribution in [0.5, 0.6) is 0 Å². The van der Waals surface area contributed by atoms with Crippen LogP contribution in [0.25, 0.3) is 0 Å². The highest BCUT2D eigenvalue weighted by atomic mass is 31.2. The van der Waals surface area contributed by atoms with Crippen molar-refractivity contribution < 1.29 is 27.5 Å². The van der Waals surface area contributed by atoms with Crippen LogP contribution in [-0.2, 0) is 4.52 Å². The van der Waals surface area contributed by atoms with Gasteiger partial charge in [0.2, 0.25) is 0 Å². The highest BCUT2D eigenvalue weighted by Crippen LogP contribution is 2.34. The molecule has 0 unspecified atom stereocenters. The summed E-state index contributed by atoms with van der Waals surface area (Å²) in [5, 5.41) is 0. The molecule has 72 valence electrons. The van der Waals surface area contributed by atoms with Crippen LogP contribution in [0.4, 0.5) is 13.2 Å². The van der Waals surface area contributed by atoms with Crippen LogP contribution in [0.3, 0.4) is 0 Å². The van der Waals surface area contributed by atoms with Gasteiger partial charge in [0.25, 0.3) is 0 Å². The lowest BCUT2D eigenvalue weighted by atomic mass is 10.3. The fourth-order valence-electron chi connectivity index (χ4n) is 0.489. The van der Waals surface area contributed by atoms with E-state index in [4.69, 9.17) is 9.79 Å². The molecule has 0 radical (unpaired) electrons. The summed E-state index contributed by atoms with van der Waals surface area (Å²) in [6, 6.07) is 0. The monoisotopic (exact) mass is 204 g/mol. The van der Waals surface area contributed by atoms with Crippen LogP contribution in [0.15, 0.2) is 11.8 Å². The minimum atomic E-state index is -4.40. The maximum Gasteiger partial charge on any atom is 0.396 e. The minimum absolute atomic E-state index is 0.487. The molecule has 0 aromatic rings. The van der Waals surface area contributed by atoms with Crippen LogP contribution < -0.4 is 0 Å². The maximum absolute atomic E-state index is 11.7. The lowest BCUT2D eigenvalue weighted by Gasteiger charge is -2.11. The van der Waals surface area contributed by atoms with Gasteiger partial charge in [-0.25, -0.2) is 0 Å². The Morgan fingerprint density at radius 2 is 2.00 bits per heavy atom. The summed E-state index contributed by atoms with van der Waals surface area (Å²) in [5.74, 6) is -0.487. The first-order chi connectivity index (χ1) is 5.35. The van der Waals surface area contributed by atoms with E-state index in [0.29, 0.717) is 0 Å². The van der Waals surface area contributed by atoms with Gasteiger partial charge in [-0.15, -0.1) is 0 Å². The number of alkyl halides is 3. The topological polar surface area (TPSA) is 49.7 Å². The maximum atomic E-state index is 11.7. The van der Waals surface area contributed by atoms with Crippen molar-refractivity contribution in [1.82, 2.24) is 0 Å². The van der Waals surface area contributed by atoms with Crippen molar-refractivity contribution in [1.29, 1.82) is 0 Å².